The minimum absolute atomic E-state index is 0.227. The van der Waals surface area contributed by atoms with Crippen molar-refractivity contribution >= 4 is 11.7 Å². The molecule has 0 saturated carbocycles. The van der Waals surface area contributed by atoms with Gasteiger partial charge in [-0.25, -0.2) is 14.2 Å². The van der Waals surface area contributed by atoms with Crippen LogP contribution >= 0.6 is 0 Å². The summed E-state index contributed by atoms with van der Waals surface area (Å²) in [6.07, 6.45) is 2.19. The summed E-state index contributed by atoms with van der Waals surface area (Å²) >= 11 is 0. The van der Waals surface area contributed by atoms with Crippen molar-refractivity contribution in [1.29, 1.82) is 0 Å². The topological polar surface area (TPSA) is 81.0 Å². The highest BCUT2D eigenvalue weighted by molar-refractivity contribution is 6.15. The third-order valence-corrected chi connectivity index (χ3v) is 6.19. The standard InChI is InChI=1S/C25H28FN5O3/c1-14-9-17-11-22(33-5)23(34-6)12-18(17)24(29-31(14)25(32)27-3)16-7-8-21(26)19(10-16)20-13-28-30(4)15(20)2/h7-8,10-14H,9H2,1-6H3,(H,27,32). The molecular formula is C25H28FN5O3. The van der Waals surface area contributed by atoms with Crippen molar-refractivity contribution in [3.63, 3.8) is 0 Å². The Kier molecular flexibility index (Phi) is 6.28. The number of halogens is 1. The molecule has 1 N–H and O–H groups in total. The summed E-state index contributed by atoms with van der Waals surface area (Å²) in [5.41, 5.74) is 4.88. The number of hydrogen-bond acceptors (Lipinski definition) is 5. The van der Waals surface area contributed by atoms with Crippen LogP contribution in [0.2, 0.25) is 0 Å². The number of nitrogens with zero attached hydrogens (tertiary/aromatic N) is 4. The van der Waals surface area contributed by atoms with Crippen LogP contribution in [0.15, 0.2) is 41.6 Å². The highest BCUT2D eigenvalue weighted by Crippen LogP contribution is 2.35. The molecule has 34 heavy (non-hydrogen) atoms. The Hall–Kier alpha value is -3.88. The second kappa shape index (κ2) is 9.17. The first kappa shape index (κ1) is 23.3. The minimum Gasteiger partial charge on any atom is -0.493 e. The molecule has 0 fully saturated rings. The fourth-order valence-electron chi connectivity index (χ4n) is 4.19. The maximum Gasteiger partial charge on any atom is 0.337 e. The summed E-state index contributed by atoms with van der Waals surface area (Å²) < 4.78 is 27.7. The highest BCUT2D eigenvalue weighted by atomic mass is 19.1. The molecule has 178 valence electrons. The highest BCUT2D eigenvalue weighted by Gasteiger charge is 2.29. The van der Waals surface area contributed by atoms with Gasteiger partial charge in [-0.15, -0.1) is 0 Å². The normalized spacial score (nSPS) is 15.3. The van der Waals surface area contributed by atoms with E-state index in [0.29, 0.717) is 40.3 Å². The van der Waals surface area contributed by atoms with Gasteiger partial charge in [0.15, 0.2) is 11.5 Å². The monoisotopic (exact) mass is 465 g/mol. The van der Waals surface area contributed by atoms with Gasteiger partial charge in [0.1, 0.15) is 5.82 Å². The summed E-state index contributed by atoms with van der Waals surface area (Å²) in [4.78, 5) is 12.7. The lowest BCUT2D eigenvalue weighted by Crippen LogP contribution is -2.41. The summed E-state index contributed by atoms with van der Waals surface area (Å²) in [6.45, 7) is 3.82. The van der Waals surface area contributed by atoms with E-state index >= 15 is 0 Å². The van der Waals surface area contributed by atoms with Gasteiger partial charge in [-0.05, 0) is 56.2 Å². The Balaban J connectivity index is 1.97. The van der Waals surface area contributed by atoms with Gasteiger partial charge in [-0.3, -0.25) is 4.68 Å². The SMILES string of the molecule is CNC(=O)N1N=C(c2ccc(F)c(-c3cnn(C)c3C)c2)c2cc(OC)c(OC)cc2CC1C. The van der Waals surface area contributed by atoms with Crippen LogP contribution in [-0.2, 0) is 13.5 Å². The predicted molar refractivity (Wildman–Crippen MR) is 128 cm³/mol. The molecule has 4 rings (SSSR count). The Bertz CT molecular complexity index is 1280. The molecule has 0 saturated heterocycles. The zero-order valence-corrected chi connectivity index (χ0v) is 20.1. The van der Waals surface area contributed by atoms with Gasteiger partial charge in [-0.2, -0.15) is 10.2 Å². The van der Waals surface area contributed by atoms with Gasteiger partial charge in [0.2, 0.25) is 0 Å². The van der Waals surface area contributed by atoms with Gasteiger partial charge in [0.25, 0.3) is 0 Å². The van der Waals surface area contributed by atoms with E-state index in [4.69, 9.17) is 14.6 Å². The molecular weight excluding hydrogens is 437 g/mol. The number of amides is 2. The molecule has 3 aromatic rings. The smallest absolute Gasteiger partial charge is 0.337 e. The summed E-state index contributed by atoms with van der Waals surface area (Å²) in [5.74, 6) is 0.769. The van der Waals surface area contributed by atoms with Crippen molar-refractivity contribution in [2.75, 3.05) is 21.3 Å². The lowest BCUT2D eigenvalue weighted by molar-refractivity contribution is 0.184. The van der Waals surface area contributed by atoms with E-state index in [1.54, 1.807) is 44.3 Å². The van der Waals surface area contributed by atoms with Gasteiger partial charge >= 0.3 is 6.03 Å². The molecule has 0 aliphatic carbocycles. The average Bonchev–Trinajstić information content (AvgIpc) is 3.09. The Morgan fingerprint density at radius 2 is 1.82 bits per heavy atom. The third kappa shape index (κ3) is 3.98. The molecule has 1 aliphatic heterocycles. The number of aryl methyl sites for hydroxylation is 1. The van der Waals surface area contributed by atoms with Crippen molar-refractivity contribution in [2.24, 2.45) is 12.1 Å². The fourth-order valence-corrected chi connectivity index (χ4v) is 4.19. The number of methoxy groups -OCH3 is 2. The summed E-state index contributed by atoms with van der Waals surface area (Å²) in [5, 5.41) is 13.1. The number of rotatable bonds is 4. The van der Waals surface area contributed by atoms with Crippen molar-refractivity contribution in [3.8, 4) is 22.6 Å². The molecule has 1 unspecified atom stereocenters. The molecule has 9 heteroatoms. The number of aromatic nitrogens is 2. The number of fused-ring (bicyclic) bond motifs is 1. The van der Waals surface area contributed by atoms with E-state index in [-0.39, 0.29) is 17.9 Å². The Morgan fingerprint density at radius 3 is 2.44 bits per heavy atom. The molecule has 2 heterocycles. The molecule has 8 nitrogen and oxygen atoms in total. The quantitative estimate of drug-likeness (QED) is 0.634. The molecule has 0 bridgehead atoms. The number of hydrazone groups is 1. The van der Waals surface area contributed by atoms with Crippen molar-refractivity contribution in [3.05, 3.63) is 64.7 Å². The zero-order chi connectivity index (χ0) is 24.6. The van der Waals surface area contributed by atoms with E-state index in [9.17, 15) is 9.18 Å². The van der Waals surface area contributed by atoms with E-state index in [1.165, 1.54) is 11.1 Å². The number of ether oxygens (including phenoxy) is 2. The van der Waals surface area contributed by atoms with Crippen LogP contribution < -0.4 is 14.8 Å². The minimum atomic E-state index is -0.363. The number of carbonyl (C=O) groups is 1. The first-order valence-electron chi connectivity index (χ1n) is 10.9. The maximum atomic E-state index is 14.9. The van der Waals surface area contributed by atoms with Gasteiger partial charge in [0.05, 0.1) is 32.2 Å². The van der Waals surface area contributed by atoms with Crippen molar-refractivity contribution in [2.45, 2.75) is 26.3 Å². The number of urea groups is 1. The second-order valence-electron chi connectivity index (χ2n) is 8.23. The van der Waals surface area contributed by atoms with E-state index in [2.05, 4.69) is 10.4 Å². The molecule has 2 amide bonds. The molecule has 1 aliphatic rings. The average molecular weight is 466 g/mol. The number of benzene rings is 2. The van der Waals surface area contributed by atoms with Crippen LogP contribution in [0.3, 0.4) is 0 Å². The number of nitrogens with one attached hydrogen (secondary N) is 1. The summed E-state index contributed by atoms with van der Waals surface area (Å²) in [6, 6.07) is 8.03. The van der Waals surface area contributed by atoms with Crippen LogP contribution in [0.25, 0.3) is 11.1 Å². The maximum absolute atomic E-state index is 14.9. The van der Waals surface area contributed by atoms with Crippen LogP contribution in [0, 0.1) is 12.7 Å². The number of hydrogen-bond donors (Lipinski definition) is 1. The Morgan fingerprint density at radius 1 is 1.12 bits per heavy atom. The van der Waals surface area contributed by atoms with E-state index in [1.807, 2.05) is 33.0 Å². The molecule has 2 aromatic carbocycles. The number of carbonyl (C=O) groups excluding carboxylic acids is 1. The van der Waals surface area contributed by atoms with E-state index < -0.39 is 0 Å². The van der Waals surface area contributed by atoms with Crippen molar-refractivity contribution in [1.82, 2.24) is 20.1 Å². The lowest BCUT2D eigenvalue weighted by atomic mass is 9.92. The van der Waals surface area contributed by atoms with Crippen LogP contribution in [0.1, 0.15) is 29.3 Å². The van der Waals surface area contributed by atoms with Gasteiger partial charge in [-0.1, -0.05) is 0 Å². The largest absolute Gasteiger partial charge is 0.493 e. The van der Waals surface area contributed by atoms with Crippen LogP contribution in [-0.4, -0.2) is 53.8 Å². The fraction of sp³-hybridized carbons (Fsp3) is 0.320. The first-order valence-corrected chi connectivity index (χ1v) is 10.9. The lowest BCUT2D eigenvalue weighted by Gasteiger charge is -2.22. The predicted octanol–water partition coefficient (Wildman–Crippen LogP) is 3.89. The third-order valence-electron chi connectivity index (χ3n) is 6.19. The summed E-state index contributed by atoms with van der Waals surface area (Å²) in [7, 11) is 6.53. The van der Waals surface area contributed by atoms with Gasteiger partial charge < -0.3 is 14.8 Å². The molecule has 1 atom stereocenters. The van der Waals surface area contributed by atoms with Gasteiger partial charge in [0, 0.05) is 42.0 Å². The van der Waals surface area contributed by atoms with Crippen molar-refractivity contribution < 1.29 is 18.7 Å². The van der Waals surface area contributed by atoms with Crippen LogP contribution in [0.4, 0.5) is 9.18 Å². The molecule has 0 spiro atoms. The molecule has 0 radical (unpaired) electrons. The zero-order valence-electron chi connectivity index (χ0n) is 20.1. The van der Waals surface area contributed by atoms with Crippen LogP contribution in [0.5, 0.6) is 11.5 Å². The first-order chi connectivity index (χ1) is 16.3. The van der Waals surface area contributed by atoms with E-state index in [0.717, 1.165) is 16.8 Å². The molecule has 1 aromatic heterocycles. The second-order valence-corrected chi connectivity index (χ2v) is 8.23. The Labute approximate surface area is 198 Å².